The van der Waals surface area contributed by atoms with E-state index in [4.69, 9.17) is 0 Å². The molecular formula is C27H37N3OS. The fourth-order valence-corrected chi connectivity index (χ4v) is 4.98. The van der Waals surface area contributed by atoms with Crippen LogP contribution in [0.5, 0.6) is 0 Å². The molecule has 0 aliphatic carbocycles. The molecule has 1 atom stereocenters. The van der Waals surface area contributed by atoms with Crippen LogP contribution in [0.3, 0.4) is 0 Å². The van der Waals surface area contributed by atoms with Gasteiger partial charge in [-0.05, 0) is 63.6 Å². The van der Waals surface area contributed by atoms with Gasteiger partial charge in [0.05, 0.1) is 5.69 Å². The normalized spacial score (nSPS) is 17.2. The number of amides is 1. The SMILES string of the molecule is C/C=C1/C=CCn2c(c(C(C)CCCCC)c3ccc(C(=O)NSN(C)C)cc32)/C1=C/C. The van der Waals surface area contributed by atoms with E-state index in [1.807, 2.05) is 24.5 Å². The zero-order valence-electron chi connectivity index (χ0n) is 20.4. The lowest BCUT2D eigenvalue weighted by molar-refractivity contribution is 0.0983. The van der Waals surface area contributed by atoms with Gasteiger partial charge < -0.3 is 4.57 Å². The van der Waals surface area contributed by atoms with Crippen molar-refractivity contribution in [2.45, 2.75) is 65.8 Å². The fourth-order valence-electron chi connectivity index (χ4n) is 4.60. The van der Waals surface area contributed by atoms with E-state index in [1.165, 1.54) is 65.6 Å². The standard InChI is InChI=1S/C27H37N3OS/c1-7-10-11-13-19(4)25-23-16-15-21(27(31)28-32-29(5)6)18-24(23)30-17-12-14-20(8-2)22(9-3)26(25)30/h8-9,12,14-16,18-19H,7,10-11,13,17H2,1-6H3,(H,28,31)/b20-8-,22-9+. The molecule has 0 saturated carbocycles. The van der Waals surface area contributed by atoms with E-state index in [2.05, 4.69) is 73.4 Å². The first-order valence-corrected chi connectivity index (χ1v) is 12.5. The third kappa shape index (κ3) is 5.05. The van der Waals surface area contributed by atoms with E-state index in [-0.39, 0.29) is 5.91 Å². The van der Waals surface area contributed by atoms with Crippen molar-refractivity contribution in [2.75, 3.05) is 14.1 Å². The highest BCUT2D eigenvalue weighted by atomic mass is 32.2. The van der Waals surface area contributed by atoms with E-state index in [1.54, 1.807) is 0 Å². The second-order valence-electron chi connectivity index (χ2n) is 8.69. The molecule has 1 aromatic carbocycles. The molecule has 2 aromatic rings. The van der Waals surface area contributed by atoms with Crippen LogP contribution < -0.4 is 4.72 Å². The monoisotopic (exact) mass is 451 g/mol. The zero-order valence-corrected chi connectivity index (χ0v) is 21.2. The van der Waals surface area contributed by atoms with Crippen molar-refractivity contribution in [2.24, 2.45) is 0 Å². The Bertz CT molecular complexity index is 1060. The summed E-state index contributed by atoms with van der Waals surface area (Å²) in [4.78, 5) is 12.8. The number of hydrogen-bond acceptors (Lipinski definition) is 3. The first kappa shape index (κ1) is 24.4. The average molecular weight is 452 g/mol. The van der Waals surface area contributed by atoms with Crippen molar-refractivity contribution in [1.29, 1.82) is 0 Å². The average Bonchev–Trinajstić information content (AvgIpc) is 2.97. The molecule has 0 bridgehead atoms. The van der Waals surface area contributed by atoms with E-state index in [0.717, 1.165) is 12.1 Å². The summed E-state index contributed by atoms with van der Waals surface area (Å²) in [5, 5.41) is 1.27. The highest BCUT2D eigenvalue weighted by molar-refractivity contribution is 7.95. The minimum absolute atomic E-state index is 0.0664. The molecule has 32 heavy (non-hydrogen) atoms. The van der Waals surface area contributed by atoms with Crippen molar-refractivity contribution in [1.82, 2.24) is 13.6 Å². The quantitative estimate of drug-likeness (QED) is 0.343. The Morgan fingerprint density at radius 2 is 2.03 bits per heavy atom. The molecule has 3 rings (SSSR count). The second kappa shape index (κ2) is 11.1. The number of benzene rings is 1. The lowest BCUT2D eigenvalue weighted by atomic mass is 9.88. The van der Waals surface area contributed by atoms with E-state index in [0.29, 0.717) is 11.5 Å². The molecule has 0 spiro atoms. The summed E-state index contributed by atoms with van der Waals surface area (Å²) in [6.45, 7) is 9.66. The Kier molecular flexibility index (Phi) is 8.44. The van der Waals surface area contributed by atoms with Gasteiger partial charge in [0.25, 0.3) is 5.91 Å². The minimum atomic E-state index is -0.0664. The summed E-state index contributed by atoms with van der Waals surface area (Å²) >= 11 is 1.30. The van der Waals surface area contributed by atoms with Crippen LogP contribution in [0.25, 0.3) is 16.5 Å². The van der Waals surface area contributed by atoms with Crippen molar-refractivity contribution >= 4 is 34.5 Å². The van der Waals surface area contributed by atoms with Crippen LogP contribution in [0.1, 0.15) is 80.9 Å². The smallest absolute Gasteiger partial charge is 0.262 e. The maximum atomic E-state index is 12.8. The Morgan fingerprint density at radius 1 is 1.25 bits per heavy atom. The molecule has 1 unspecified atom stereocenters. The molecular weight excluding hydrogens is 414 g/mol. The molecule has 1 aliphatic heterocycles. The van der Waals surface area contributed by atoms with Gasteiger partial charge in [0, 0.05) is 40.7 Å². The number of nitrogens with one attached hydrogen (secondary N) is 1. The zero-order chi connectivity index (χ0) is 23.3. The van der Waals surface area contributed by atoms with E-state index in [9.17, 15) is 4.79 Å². The van der Waals surface area contributed by atoms with Crippen LogP contribution in [0.2, 0.25) is 0 Å². The summed E-state index contributed by atoms with van der Waals surface area (Å²) in [5.74, 6) is 0.388. The Morgan fingerprint density at radius 3 is 2.69 bits per heavy atom. The van der Waals surface area contributed by atoms with Crippen LogP contribution in [0, 0.1) is 0 Å². The van der Waals surface area contributed by atoms with Gasteiger partial charge in [-0.1, -0.05) is 63.5 Å². The van der Waals surface area contributed by atoms with Gasteiger partial charge in [-0.25, -0.2) is 4.31 Å². The third-order valence-electron chi connectivity index (χ3n) is 6.17. The highest BCUT2D eigenvalue weighted by Crippen LogP contribution is 2.41. The molecule has 1 aromatic heterocycles. The van der Waals surface area contributed by atoms with Gasteiger partial charge in [-0.15, -0.1) is 0 Å². The summed E-state index contributed by atoms with van der Waals surface area (Å²) < 4.78 is 7.19. The van der Waals surface area contributed by atoms with Gasteiger partial charge in [0.1, 0.15) is 0 Å². The molecule has 1 N–H and O–H groups in total. The second-order valence-corrected chi connectivity index (χ2v) is 9.80. The number of aromatic nitrogens is 1. The molecule has 1 aliphatic rings. The maximum absolute atomic E-state index is 12.8. The molecule has 0 saturated heterocycles. The lowest BCUT2D eigenvalue weighted by Gasteiger charge is -2.17. The number of hydrogen-bond donors (Lipinski definition) is 1. The molecule has 4 nitrogen and oxygen atoms in total. The Balaban J connectivity index is 2.18. The number of nitrogens with zero attached hydrogens (tertiary/aromatic N) is 2. The van der Waals surface area contributed by atoms with Gasteiger partial charge in [0.15, 0.2) is 0 Å². The fraction of sp³-hybridized carbons (Fsp3) is 0.444. The van der Waals surface area contributed by atoms with Crippen molar-refractivity contribution < 1.29 is 4.79 Å². The van der Waals surface area contributed by atoms with Gasteiger partial charge >= 0.3 is 0 Å². The first-order valence-electron chi connectivity index (χ1n) is 11.7. The molecule has 5 heteroatoms. The number of allylic oxidation sites excluding steroid dienone is 6. The van der Waals surface area contributed by atoms with Crippen molar-refractivity contribution in [3.63, 3.8) is 0 Å². The number of carbonyl (C=O) groups is 1. The molecule has 172 valence electrons. The summed E-state index contributed by atoms with van der Waals surface area (Å²) in [6, 6.07) is 6.19. The van der Waals surface area contributed by atoms with Crippen molar-refractivity contribution in [3.05, 3.63) is 64.9 Å². The van der Waals surface area contributed by atoms with Crippen LogP contribution in [0.4, 0.5) is 0 Å². The predicted octanol–water partition coefficient (Wildman–Crippen LogP) is 7.10. The van der Waals surface area contributed by atoms with E-state index >= 15 is 0 Å². The summed E-state index contributed by atoms with van der Waals surface area (Å²) in [6.07, 6.45) is 13.8. The maximum Gasteiger partial charge on any atom is 0.262 e. The molecule has 0 radical (unpaired) electrons. The highest BCUT2D eigenvalue weighted by Gasteiger charge is 2.26. The third-order valence-corrected chi connectivity index (χ3v) is 6.81. The Labute approximate surface area is 197 Å². The lowest BCUT2D eigenvalue weighted by Crippen LogP contribution is -2.20. The number of unbranched alkanes of at least 4 members (excludes halogenated alkanes) is 2. The molecule has 1 amide bonds. The predicted molar refractivity (Wildman–Crippen MR) is 140 cm³/mol. The molecule has 2 heterocycles. The summed E-state index contributed by atoms with van der Waals surface area (Å²) in [5.41, 5.74) is 7.10. The van der Waals surface area contributed by atoms with Gasteiger partial charge in [-0.2, -0.15) is 0 Å². The van der Waals surface area contributed by atoms with Crippen LogP contribution in [-0.4, -0.2) is 28.9 Å². The van der Waals surface area contributed by atoms with Crippen LogP contribution >= 0.6 is 12.1 Å². The van der Waals surface area contributed by atoms with E-state index < -0.39 is 0 Å². The number of rotatable bonds is 8. The topological polar surface area (TPSA) is 37.3 Å². The first-order chi connectivity index (χ1) is 15.4. The van der Waals surface area contributed by atoms with Crippen LogP contribution in [-0.2, 0) is 6.54 Å². The Hall–Kier alpha value is -2.24. The number of fused-ring (bicyclic) bond motifs is 3. The van der Waals surface area contributed by atoms with Gasteiger partial charge in [-0.3, -0.25) is 9.52 Å². The largest absolute Gasteiger partial charge is 0.336 e. The minimum Gasteiger partial charge on any atom is -0.336 e. The van der Waals surface area contributed by atoms with Crippen molar-refractivity contribution in [3.8, 4) is 0 Å². The van der Waals surface area contributed by atoms with Crippen LogP contribution in [0.15, 0.2) is 48.1 Å². The molecule has 0 fully saturated rings. The van der Waals surface area contributed by atoms with Gasteiger partial charge in [0.2, 0.25) is 0 Å². The summed E-state index contributed by atoms with van der Waals surface area (Å²) in [7, 11) is 3.83. The number of carbonyl (C=O) groups excluding carboxylic acids is 1.